The number of hydrogen-bond donors (Lipinski definition) is 1. The fourth-order valence-electron chi connectivity index (χ4n) is 1.33. The molecule has 0 aromatic heterocycles. The summed E-state index contributed by atoms with van der Waals surface area (Å²) >= 11 is 0. The van der Waals surface area contributed by atoms with Crippen LogP contribution in [0.15, 0.2) is 18.2 Å². The molecule has 1 rings (SSSR count). The third-order valence-corrected chi connectivity index (χ3v) is 2.08. The SMILES string of the molecule is CCOCCOc1ccc(C)cc1CO. The van der Waals surface area contributed by atoms with Crippen molar-refractivity contribution in [1.29, 1.82) is 0 Å². The van der Waals surface area contributed by atoms with E-state index in [4.69, 9.17) is 14.6 Å². The van der Waals surface area contributed by atoms with Crippen molar-refractivity contribution in [2.75, 3.05) is 19.8 Å². The van der Waals surface area contributed by atoms with Gasteiger partial charge >= 0.3 is 0 Å². The first-order chi connectivity index (χ1) is 7.27. The van der Waals surface area contributed by atoms with Crippen LogP contribution in [-0.2, 0) is 11.3 Å². The standard InChI is InChI=1S/C12H18O3/c1-3-14-6-7-15-12-5-4-10(2)8-11(12)9-13/h4-5,8,13H,3,6-7,9H2,1-2H3. The topological polar surface area (TPSA) is 38.7 Å². The highest BCUT2D eigenvalue weighted by molar-refractivity contribution is 5.36. The summed E-state index contributed by atoms with van der Waals surface area (Å²) in [5.74, 6) is 0.739. The molecule has 1 aromatic rings. The summed E-state index contributed by atoms with van der Waals surface area (Å²) in [7, 11) is 0. The molecule has 1 N–H and O–H groups in total. The maximum atomic E-state index is 9.13. The Morgan fingerprint density at radius 2 is 2.07 bits per heavy atom. The molecule has 0 amide bonds. The van der Waals surface area contributed by atoms with E-state index in [1.807, 2.05) is 32.0 Å². The van der Waals surface area contributed by atoms with Crippen LogP contribution in [0.25, 0.3) is 0 Å². The van der Waals surface area contributed by atoms with Gasteiger partial charge in [-0.25, -0.2) is 0 Å². The highest BCUT2D eigenvalue weighted by Crippen LogP contribution is 2.19. The van der Waals surface area contributed by atoms with Gasteiger partial charge < -0.3 is 14.6 Å². The van der Waals surface area contributed by atoms with Gasteiger partial charge in [-0.1, -0.05) is 17.7 Å². The predicted molar refractivity (Wildman–Crippen MR) is 59.1 cm³/mol. The van der Waals surface area contributed by atoms with Crippen LogP contribution in [0.4, 0.5) is 0 Å². The summed E-state index contributed by atoms with van der Waals surface area (Å²) < 4.78 is 10.7. The van der Waals surface area contributed by atoms with E-state index >= 15 is 0 Å². The van der Waals surface area contributed by atoms with E-state index < -0.39 is 0 Å². The zero-order valence-electron chi connectivity index (χ0n) is 9.32. The summed E-state index contributed by atoms with van der Waals surface area (Å²) in [5.41, 5.74) is 1.95. The van der Waals surface area contributed by atoms with Crippen molar-refractivity contribution < 1.29 is 14.6 Å². The van der Waals surface area contributed by atoms with E-state index in [0.29, 0.717) is 19.8 Å². The van der Waals surface area contributed by atoms with E-state index in [1.165, 1.54) is 0 Å². The molecular weight excluding hydrogens is 192 g/mol. The number of benzene rings is 1. The van der Waals surface area contributed by atoms with Crippen LogP contribution >= 0.6 is 0 Å². The average Bonchev–Trinajstić information content (AvgIpc) is 2.26. The van der Waals surface area contributed by atoms with E-state index in [9.17, 15) is 0 Å². The van der Waals surface area contributed by atoms with E-state index in [1.54, 1.807) is 0 Å². The minimum Gasteiger partial charge on any atom is -0.491 e. The molecule has 0 heterocycles. The van der Waals surface area contributed by atoms with Crippen LogP contribution in [0, 0.1) is 6.92 Å². The Morgan fingerprint density at radius 1 is 1.27 bits per heavy atom. The lowest BCUT2D eigenvalue weighted by atomic mass is 10.1. The van der Waals surface area contributed by atoms with Crippen LogP contribution in [-0.4, -0.2) is 24.9 Å². The lowest BCUT2D eigenvalue weighted by Gasteiger charge is -2.10. The first-order valence-corrected chi connectivity index (χ1v) is 5.19. The quantitative estimate of drug-likeness (QED) is 0.729. The van der Waals surface area contributed by atoms with Gasteiger partial charge in [0.2, 0.25) is 0 Å². The van der Waals surface area contributed by atoms with Gasteiger partial charge in [0, 0.05) is 12.2 Å². The maximum Gasteiger partial charge on any atom is 0.124 e. The largest absolute Gasteiger partial charge is 0.491 e. The number of aryl methyl sites for hydroxylation is 1. The summed E-state index contributed by atoms with van der Waals surface area (Å²) in [6.07, 6.45) is 0. The molecule has 0 aliphatic carbocycles. The Hall–Kier alpha value is -1.06. The lowest BCUT2D eigenvalue weighted by Crippen LogP contribution is -2.07. The first-order valence-electron chi connectivity index (χ1n) is 5.19. The molecule has 1 aromatic carbocycles. The number of aliphatic hydroxyl groups is 1. The molecule has 15 heavy (non-hydrogen) atoms. The van der Waals surface area contributed by atoms with Gasteiger partial charge in [-0.15, -0.1) is 0 Å². The molecule has 0 aliphatic rings. The summed E-state index contributed by atoms with van der Waals surface area (Å²) in [6, 6.07) is 5.78. The van der Waals surface area contributed by atoms with Crippen LogP contribution in [0.3, 0.4) is 0 Å². The van der Waals surface area contributed by atoms with Gasteiger partial charge in [-0.3, -0.25) is 0 Å². The minimum absolute atomic E-state index is 0.00560. The van der Waals surface area contributed by atoms with E-state index in [0.717, 1.165) is 16.9 Å². The molecule has 84 valence electrons. The molecule has 0 unspecified atom stereocenters. The fraction of sp³-hybridized carbons (Fsp3) is 0.500. The molecule has 0 bridgehead atoms. The molecule has 3 nitrogen and oxygen atoms in total. The van der Waals surface area contributed by atoms with Crippen LogP contribution < -0.4 is 4.74 Å². The summed E-state index contributed by atoms with van der Waals surface area (Å²) in [6.45, 7) is 5.74. The van der Waals surface area contributed by atoms with Gasteiger partial charge in [-0.2, -0.15) is 0 Å². The third kappa shape index (κ3) is 3.90. The number of aliphatic hydroxyl groups excluding tert-OH is 1. The fourth-order valence-corrected chi connectivity index (χ4v) is 1.33. The first kappa shape index (κ1) is 12.0. The van der Waals surface area contributed by atoms with Gasteiger partial charge in [0.25, 0.3) is 0 Å². The molecule has 0 spiro atoms. The molecule has 0 fully saturated rings. The van der Waals surface area contributed by atoms with Crippen LogP contribution in [0.5, 0.6) is 5.75 Å². The van der Waals surface area contributed by atoms with Crippen molar-refractivity contribution in [3.8, 4) is 5.75 Å². The monoisotopic (exact) mass is 210 g/mol. The molecule has 0 atom stereocenters. The summed E-state index contributed by atoms with van der Waals surface area (Å²) in [5, 5.41) is 9.13. The van der Waals surface area contributed by atoms with Crippen molar-refractivity contribution in [3.05, 3.63) is 29.3 Å². The highest BCUT2D eigenvalue weighted by atomic mass is 16.5. The molecule has 3 heteroatoms. The van der Waals surface area contributed by atoms with Crippen molar-refractivity contribution in [3.63, 3.8) is 0 Å². The lowest BCUT2D eigenvalue weighted by molar-refractivity contribution is 0.109. The molecule has 0 saturated carbocycles. The molecule has 0 saturated heterocycles. The van der Waals surface area contributed by atoms with Gasteiger partial charge in [-0.05, 0) is 19.9 Å². The predicted octanol–water partition coefficient (Wildman–Crippen LogP) is 1.90. The average molecular weight is 210 g/mol. The zero-order valence-corrected chi connectivity index (χ0v) is 9.32. The Labute approximate surface area is 90.6 Å². The van der Waals surface area contributed by atoms with Crippen molar-refractivity contribution in [2.45, 2.75) is 20.5 Å². The number of hydrogen-bond acceptors (Lipinski definition) is 3. The van der Waals surface area contributed by atoms with Crippen LogP contribution in [0.2, 0.25) is 0 Å². The molecular formula is C12H18O3. The van der Waals surface area contributed by atoms with Gasteiger partial charge in [0.1, 0.15) is 12.4 Å². The molecule has 0 radical (unpaired) electrons. The number of ether oxygens (including phenoxy) is 2. The Balaban J connectivity index is 2.52. The second-order valence-corrected chi connectivity index (χ2v) is 3.31. The smallest absolute Gasteiger partial charge is 0.124 e. The van der Waals surface area contributed by atoms with Crippen molar-refractivity contribution in [1.82, 2.24) is 0 Å². The minimum atomic E-state index is 0.00560. The van der Waals surface area contributed by atoms with Crippen LogP contribution in [0.1, 0.15) is 18.1 Å². The number of rotatable bonds is 6. The zero-order chi connectivity index (χ0) is 11.1. The second-order valence-electron chi connectivity index (χ2n) is 3.31. The second kappa shape index (κ2) is 6.43. The highest BCUT2D eigenvalue weighted by Gasteiger charge is 2.02. The van der Waals surface area contributed by atoms with E-state index in [2.05, 4.69) is 0 Å². The Kier molecular flexibility index (Phi) is 5.15. The van der Waals surface area contributed by atoms with Gasteiger partial charge in [0.15, 0.2) is 0 Å². The van der Waals surface area contributed by atoms with Crippen molar-refractivity contribution >= 4 is 0 Å². The molecule has 0 aliphatic heterocycles. The van der Waals surface area contributed by atoms with E-state index in [-0.39, 0.29) is 6.61 Å². The normalized spacial score (nSPS) is 10.3. The summed E-state index contributed by atoms with van der Waals surface area (Å²) in [4.78, 5) is 0. The van der Waals surface area contributed by atoms with Crippen molar-refractivity contribution in [2.24, 2.45) is 0 Å². The third-order valence-electron chi connectivity index (χ3n) is 2.08. The maximum absolute atomic E-state index is 9.13. The Bertz CT molecular complexity index is 297. The van der Waals surface area contributed by atoms with Gasteiger partial charge in [0.05, 0.1) is 13.2 Å². The Morgan fingerprint density at radius 3 is 2.73 bits per heavy atom.